The number of hydrogen-bond donors (Lipinski definition) is 1. The lowest BCUT2D eigenvalue weighted by Crippen LogP contribution is -2.56. The Kier molecular flexibility index (Phi) is 5.30. The maximum absolute atomic E-state index is 13.8. The van der Waals surface area contributed by atoms with Gasteiger partial charge in [-0.2, -0.15) is 0 Å². The number of pyridine rings is 1. The normalized spacial score (nSPS) is 21.2. The molecule has 0 bridgehead atoms. The highest BCUT2D eigenvalue weighted by Crippen LogP contribution is 2.42. The van der Waals surface area contributed by atoms with Crippen molar-refractivity contribution >= 4 is 17.5 Å². The molecule has 2 heterocycles. The largest absolute Gasteiger partial charge is 0.344 e. The fraction of sp³-hybridized carbons (Fsp3) is 0.409. The first-order valence-corrected chi connectivity index (χ1v) is 9.98. The predicted octanol–water partition coefficient (Wildman–Crippen LogP) is 3.48. The number of carbonyl (C=O) groups is 2. The number of nitrogens with zero attached hydrogens (tertiary/aromatic N) is 2. The van der Waals surface area contributed by atoms with Crippen molar-refractivity contribution in [2.24, 2.45) is 0 Å². The molecule has 2 aromatic rings. The summed E-state index contributed by atoms with van der Waals surface area (Å²) in [7, 11) is 0. The summed E-state index contributed by atoms with van der Waals surface area (Å²) >= 11 is 0. The van der Waals surface area contributed by atoms with Crippen LogP contribution in [-0.2, 0) is 15.0 Å². The summed E-state index contributed by atoms with van der Waals surface area (Å²) < 4.78 is 27.7. The molecule has 0 spiro atoms. The third-order valence-electron chi connectivity index (χ3n) is 6.01. The van der Waals surface area contributed by atoms with E-state index in [-0.39, 0.29) is 11.8 Å². The number of hydrogen-bond acceptors (Lipinski definition) is 3. The number of halogens is 2. The van der Waals surface area contributed by atoms with Gasteiger partial charge in [-0.15, -0.1) is 0 Å². The highest BCUT2D eigenvalue weighted by Gasteiger charge is 2.45. The van der Waals surface area contributed by atoms with Gasteiger partial charge in [0.25, 0.3) is 0 Å². The Bertz CT molecular complexity index is 893. The third-order valence-corrected chi connectivity index (χ3v) is 6.01. The van der Waals surface area contributed by atoms with Gasteiger partial charge in [-0.1, -0.05) is 12.8 Å². The number of aromatic nitrogens is 1. The number of anilines is 1. The first kappa shape index (κ1) is 19.5. The number of amides is 2. The molecule has 1 aliphatic heterocycles. The minimum absolute atomic E-state index is 0.184. The summed E-state index contributed by atoms with van der Waals surface area (Å²) in [5.74, 6) is -1.91. The lowest BCUT2D eigenvalue weighted by atomic mass is 9.77. The van der Waals surface area contributed by atoms with Crippen LogP contribution in [-0.4, -0.2) is 29.4 Å². The van der Waals surface area contributed by atoms with Crippen molar-refractivity contribution in [3.05, 3.63) is 59.9 Å². The van der Waals surface area contributed by atoms with Crippen LogP contribution in [0.3, 0.4) is 0 Å². The van der Waals surface area contributed by atoms with Crippen molar-refractivity contribution in [2.75, 3.05) is 11.4 Å². The lowest BCUT2D eigenvalue weighted by Gasteiger charge is -2.35. The molecule has 2 aliphatic rings. The molecule has 7 heteroatoms. The number of piperidine rings is 1. The summed E-state index contributed by atoms with van der Waals surface area (Å²) in [6.07, 6.45) is 7.15. The molecular formula is C22H23F2N3O2. The first-order chi connectivity index (χ1) is 14.0. The number of rotatable bonds is 4. The monoisotopic (exact) mass is 399 g/mol. The van der Waals surface area contributed by atoms with Crippen LogP contribution in [0.15, 0.2) is 42.7 Å². The molecule has 29 heavy (non-hydrogen) atoms. The Balaban J connectivity index is 1.57. The molecule has 4 rings (SSSR count). The second-order valence-corrected chi connectivity index (χ2v) is 7.82. The molecule has 1 saturated heterocycles. The quantitative estimate of drug-likeness (QED) is 0.856. The van der Waals surface area contributed by atoms with Crippen molar-refractivity contribution in [1.82, 2.24) is 10.3 Å². The van der Waals surface area contributed by atoms with E-state index in [1.807, 2.05) is 6.07 Å². The standard InChI is InChI=1S/C22H23F2N3O2/c23-16-11-15(12-17(24)13-16)22(7-1-2-8-22)21(29)26-19-6-4-10-27(20(19)28)18-5-3-9-25-14-18/h3,5,9,11-14,19H,1-2,4,6-8,10H2,(H,26,29). The SMILES string of the molecule is O=C1C(NC(=O)C2(c3cc(F)cc(F)c3)CCCC2)CCCN1c1cccnc1. The maximum atomic E-state index is 13.8. The minimum atomic E-state index is -1.00. The molecule has 1 aromatic carbocycles. The van der Waals surface area contributed by atoms with E-state index in [9.17, 15) is 18.4 Å². The van der Waals surface area contributed by atoms with Gasteiger partial charge in [0.1, 0.15) is 17.7 Å². The van der Waals surface area contributed by atoms with Crippen LogP contribution in [0, 0.1) is 11.6 Å². The molecule has 2 amide bonds. The second kappa shape index (κ2) is 7.89. The summed E-state index contributed by atoms with van der Waals surface area (Å²) in [5.41, 5.74) is 0.0383. The van der Waals surface area contributed by atoms with E-state index in [0.29, 0.717) is 37.1 Å². The zero-order valence-electron chi connectivity index (χ0n) is 16.0. The minimum Gasteiger partial charge on any atom is -0.344 e. The third kappa shape index (κ3) is 3.73. The topological polar surface area (TPSA) is 62.3 Å². The highest BCUT2D eigenvalue weighted by atomic mass is 19.1. The van der Waals surface area contributed by atoms with Crippen LogP contribution >= 0.6 is 0 Å². The summed E-state index contributed by atoms with van der Waals surface area (Å²) in [6.45, 7) is 0.567. The van der Waals surface area contributed by atoms with E-state index >= 15 is 0 Å². The van der Waals surface area contributed by atoms with Gasteiger partial charge in [-0.05, 0) is 55.5 Å². The molecule has 152 valence electrons. The fourth-order valence-electron chi connectivity index (χ4n) is 4.53. The predicted molar refractivity (Wildman–Crippen MR) is 104 cm³/mol. The molecular weight excluding hydrogens is 376 g/mol. The molecule has 1 aromatic heterocycles. The van der Waals surface area contributed by atoms with E-state index in [1.165, 1.54) is 12.1 Å². The van der Waals surface area contributed by atoms with Gasteiger partial charge in [0.15, 0.2) is 0 Å². The van der Waals surface area contributed by atoms with E-state index in [2.05, 4.69) is 10.3 Å². The maximum Gasteiger partial charge on any atom is 0.249 e. The Labute approximate surface area is 168 Å². The average molecular weight is 399 g/mol. The molecule has 2 fully saturated rings. The first-order valence-electron chi connectivity index (χ1n) is 9.98. The zero-order chi connectivity index (χ0) is 20.4. The Morgan fingerprint density at radius 3 is 2.52 bits per heavy atom. The average Bonchev–Trinajstić information content (AvgIpc) is 3.21. The van der Waals surface area contributed by atoms with E-state index in [0.717, 1.165) is 25.3 Å². The van der Waals surface area contributed by atoms with Gasteiger partial charge in [0, 0.05) is 18.8 Å². The van der Waals surface area contributed by atoms with Gasteiger partial charge in [-0.25, -0.2) is 8.78 Å². The fourth-order valence-corrected chi connectivity index (χ4v) is 4.53. The summed E-state index contributed by atoms with van der Waals surface area (Å²) in [4.78, 5) is 32.0. The van der Waals surface area contributed by atoms with Crippen molar-refractivity contribution < 1.29 is 18.4 Å². The van der Waals surface area contributed by atoms with Crippen LogP contribution in [0.5, 0.6) is 0 Å². The molecule has 1 aliphatic carbocycles. The van der Waals surface area contributed by atoms with Crippen molar-refractivity contribution in [3.8, 4) is 0 Å². The van der Waals surface area contributed by atoms with E-state index in [4.69, 9.17) is 0 Å². The zero-order valence-corrected chi connectivity index (χ0v) is 16.0. The summed E-state index contributed by atoms with van der Waals surface area (Å²) in [5, 5.41) is 2.89. The smallest absolute Gasteiger partial charge is 0.249 e. The van der Waals surface area contributed by atoms with E-state index in [1.54, 1.807) is 23.4 Å². The number of carbonyl (C=O) groups excluding carboxylic acids is 2. The van der Waals surface area contributed by atoms with Crippen molar-refractivity contribution in [3.63, 3.8) is 0 Å². The highest BCUT2D eigenvalue weighted by molar-refractivity contribution is 6.01. The molecule has 1 saturated carbocycles. The van der Waals surface area contributed by atoms with Crippen LogP contribution in [0.4, 0.5) is 14.5 Å². The van der Waals surface area contributed by atoms with Crippen LogP contribution in [0.2, 0.25) is 0 Å². The number of benzene rings is 1. The number of nitrogens with one attached hydrogen (secondary N) is 1. The molecule has 1 atom stereocenters. The van der Waals surface area contributed by atoms with Crippen molar-refractivity contribution in [1.29, 1.82) is 0 Å². The van der Waals surface area contributed by atoms with Gasteiger partial charge >= 0.3 is 0 Å². The van der Waals surface area contributed by atoms with Crippen LogP contribution in [0.1, 0.15) is 44.1 Å². The summed E-state index contributed by atoms with van der Waals surface area (Å²) in [6, 6.07) is 6.18. The van der Waals surface area contributed by atoms with E-state index < -0.39 is 23.1 Å². The Morgan fingerprint density at radius 2 is 1.86 bits per heavy atom. The van der Waals surface area contributed by atoms with Crippen molar-refractivity contribution in [2.45, 2.75) is 50.0 Å². The Morgan fingerprint density at radius 1 is 1.14 bits per heavy atom. The van der Waals surface area contributed by atoms with Gasteiger partial charge < -0.3 is 10.2 Å². The Hall–Kier alpha value is -2.83. The second-order valence-electron chi connectivity index (χ2n) is 7.82. The molecule has 1 unspecified atom stereocenters. The van der Waals surface area contributed by atoms with Crippen LogP contribution in [0.25, 0.3) is 0 Å². The lowest BCUT2D eigenvalue weighted by molar-refractivity contribution is -0.132. The molecule has 0 radical (unpaired) electrons. The van der Waals surface area contributed by atoms with Gasteiger partial charge in [0.2, 0.25) is 11.8 Å². The van der Waals surface area contributed by atoms with Gasteiger partial charge in [-0.3, -0.25) is 14.6 Å². The molecule has 1 N–H and O–H groups in total. The van der Waals surface area contributed by atoms with Gasteiger partial charge in [0.05, 0.1) is 17.3 Å². The molecule has 5 nitrogen and oxygen atoms in total. The van der Waals surface area contributed by atoms with Crippen LogP contribution < -0.4 is 10.2 Å².